The molecule has 2 rings (SSSR count). The van der Waals surface area contributed by atoms with Gasteiger partial charge in [-0.15, -0.1) is 0 Å². The first-order chi connectivity index (χ1) is 13.5. The Balaban J connectivity index is 1.65. The molecule has 0 spiro atoms. The number of carbonyl (C=O) groups excluding carboxylic acids is 3. The number of hydroxylamine groups is 1. The van der Waals surface area contributed by atoms with E-state index in [-0.39, 0.29) is 31.6 Å². The van der Waals surface area contributed by atoms with Crippen LogP contribution in [0.25, 0.3) is 0 Å². The van der Waals surface area contributed by atoms with Crippen molar-refractivity contribution in [2.45, 2.75) is 26.0 Å². The number of nitrogens with one attached hydrogen (secondary N) is 3. The third-order valence-electron chi connectivity index (χ3n) is 3.91. The van der Waals surface area contributed by atoms with E-state index < -0.39 is 12.1 Å². The summed E-state index contributed by atoms with van der Waals surface area (Å²) >= 11 is 0. The molecule has 1 atom stereocenters. The van der Waals surface area contributed by atoms with Crippen molar-refractivity contribution in [1.29, 1.82) is 0 Å². The van der Waals surface area contributed by atoms with Crippen molar-refractivity contribution < 1.29 is 24.0 Å². The Morgan fingerprint density at radius 1 is 1.29 bits per heavy atom. The van der Waals surface area contributed by atoms with Crippen LogP contribution < -0.4 is 16.1 Å². The van der Waals surface area contributed by atoms with Gasteiger partial charge in [-0.3, -0.25) is 19.9 Å². The van der Waals surface area contributed by atoms with E-state index in [1.165, 1.54) is 4.90 Å². The molecule has 1 aromatic rings. The highest BCUT2D eigenvalue weighted by Crippen LogP contribution is 2.11. The van der Waals surface area contributed by atoms with Gasteiger partial charge < -0.3 is 20.3 Å². The van der Waals surface area contributed by atoms with Crippen molar-refractivity contribution in [3.05, 3.63) is 48.2 Å². The smallest absolute Gasteiger partial charge is 0.408 e. The minimum absolute atomic E-state index is 0.0655. The number of carbonyl (C=O) groups is 3. The van der Waals surface area contributed by atoms with Gasteiger partial charge in [0.25, 0.3) is 0 Å². The number of ether oxygens (including phenoxy) is 1. The maximum absolute atomic E-state index is 12.3. The van der Waals surface area contributed by atoms with Crippen molar-refractivity contribution in [2.24, 2.45) is 0 Å². The molecule has 0 unspecified atom stereocenters. The monoisotopic (exact) mass is 390 g/mol. The number of rotatable bonds is 10. The lowest BCUT2D eigenvalue weighted by Gasteiger charge is -2.17. The number of allylic oxidation sites excluding steroid dienone is 1. The molecule has 1 aliphatic rings. The molecule has 9 nitrogen and oxygen atoms in total. The summed E-state index contributed by atoms with van der Waals surface area (Å²) in [5, 5.41) is 5.21. The van der Waals surface area contributed by atoms with Gasteiger partial charge in [0.1, 0.15) is 12.6 Å². The highest BCUT2D eigenvalue weighted by molar-refractivity contribution is 5.91. The van der Waals surface area contributed by atoms with Gasteiger partial charge in [-0.25, -0.2) is 4.79 Å². The Morgan fingerprint density at radius 2 is 2.04 bits per heavy atom. The van der Waals surface area contributed by atoms with Crippen LogP contribution in [0.4, 0.5) is 4.79 Å². The molecule has 28 heavy (non-hydrogen) atoms. The predicted octanol–water partition coefficient (Wildman–Crippen LogP) is 0.685. The Labute approximate surface area is 164 Å². The van der Waals surface area contributed by atoms with E-state index in [2.05, 4.69) is 22.7 Å². The first kappa shape index (κ1) is 21.2. The minimum Gasteiger partial charge on any atom is -0.445 e. The summed E-state index contributed by atoms with van der Waals surface area (Å²) in [5.41, 5.74) is 4.10. The van der Waals surface area contributed by atoms with Crippen LogP contribution in [0, 0.1) is 0 Å². The zero-order valence-electron chi connectivity index (χ0n) is 15.9. The van der Waals surface area contributed by atoms with Crippen molar-refractivity contribution in [3.8, 4) is 0 Å². The molecule has 1 heterocycles. The summed E-state index contributed by atoms with van der Waals surface area (Å²) in [7, 11) is 0. The highest BCUT2D eigenvalue weighted by Gasteiger charge is 2.34. The molecule has 9 heteroatoms. The number of alkyl carbamates (subject to hydrolysis) is 1. The first-order valence-electron chi connectivity index (χ1n) is 9.01. The van der Waals surface area contributed by atoms with Crippen molar-refractivity contribution in [3.63, 3.8) is 0 Å². The van der Waals surface area contributed by atoms with Gasteiger partial charge in [0.05, 0.1) is 13.2 Å². The second kappa shape index (κ2) is 10.9. The Kier molecular flexibility index (Phi) is 8.29. The van der Waals surface area contributed by atoms with Crippen LogP contribution in [0.2, 0.25) is 0 Å². The van der Waals surface area contributed by atoms with Crippen LogP contribution in [0.15, 0.2) is 42.6 Å². The van der Waals surface area contributed by atoms with Crippen LogP contribution in [0.5, 0.6) is 0 Å². The normalized spacial score (nSPS) is 15.8. The molecule has 0 saturated carbocycles. The quantitative estimate of drug-likeness (QED) is 0.401. The van der Waals surface area contributed by atoms with E-state index in [1.807, 2.05) is 30.3 Å². The molecule has 0 radical (unpaired) electrons. The summed E-state index contributed by atoms with van der Waals surface area (Å²) < 4.78 is 5.12. The van der Waals surface area contributed by atoms with E-state index in [4.69, 9.17) is 9.57 Å². The first-order valence-corrected chi connectivity index (χ1v) is 9.01. The van der Waals surface area contributed by atoms with E-state index in [0.717, 1.165) is 5.56 Å². The lowest BCUT2D eigenvalue weighted by Crippen LogP contribution is -2.44. The molecule has 3 N–H and O–H groups in total. The van der Waals surface area contributed by atoms with Crippen LogP contribution in [-0.2, 0) is 25.8 Å². The maximum atomic E-state index is 12.3. The Hall–Kier alpha value is -3.07. The fourth-order valence-corrected chi connectivity index (χ4v) is 2.58. The second-order valence-electron chi connectivity index (χ2n) is 6.39. The zero-order chi connectivity index (χ0) is 20.4. The molecule has 0 aliphatic carbocycles. The predicted molar refractivity (Wildman–Crippen MR) is 102 cm³/mol. The molecular formula is C19H26N4O5. The van der Waals surface area contributed by atoms with Crippen molar-refractivity contribution in [2.75, 3.05) is 26.2 Å². The number of benzene rings is 1. The lowest BCUT2D eigenvalue weighted by atomic mass is 10.2. The van der Waals surface area contributed by atoms with E-state index in [9.17, 15) is 14.4 Å². The SMILES string of the molecule is C=C(C)NOCCNC(=O)CN1CC[C@H](NC(=O)OCc2ccccc2)C1=O. The molecule has 1 aromatic carbocycles. The van der Waals surface area contributed by atoms with Gasteiger partial charge in [-0.05, 0) is 18.9 Å². The summed E-state index contributed by atoms with van der Waals surface area (Å²) in [6, 6.07) is 8.57. The fourth-order valence-electron chi connectivity index (χ4n) is 2.58. The Bertz CT molecular complexity index is 695. The topological polar surface area (TPSA) is 109 Å². The number of hydrogen-bond donors (Lipinski definition) is 3. The number of amides is 3. The summed E-state index contributed by atoms with van der Waals surface area (Å²) in [6.07, 6.45) is -0.228. The minimum atomic E-state index is -0.681. The molecule has 1 fully saturated rings. The van der Waals surface area contributed by atoms with Crippen LogP contribution in [-0.4, -0.2) is 55.1 Å². The molecule has 1 saturated heterocycles. The van der Waals surface area contributed by atoms with Gasteiger partial charge >= 0.3 is 6.09 Å². The summed E-state index contributed by atoms with van der Waals surface area (Å²) in [5.74, 6) is -0.591. The van der Waals surface area contributed by atoms with Crippen LogP contribution >= 0.6 is 0 Å². The summed E-state index contributed by atoms with van der Waals surface area (Å²) in [4.78, 5) is 42.6. The van der Waals surface area contributed by atoms with Crippen LogP contribution in [0.1, 0.15) is 18.9 Å². The van der Waals surface area contributed by atoms with Crippen LogP contribution in [0.3, 0.4) is 0 Å². The van der Waals surface area contributed by atoms with Gasteiger partial charge in [-0.2, -0.15) is 0 Å². The van der Waals surface area contributed by atoms with Gasteiger partial charge in [0.2, 0.25) is 11.8 Å². The maximum Gasteiger partial charge on any atom is 0.408 e. The molecule has 0 aromatic heterocycles. The third kappa shape index (κ3) is 7.28. The third-order valence-corrected chi connectivity index (χ3v) is 3.91. The Morgan fingerprint density at radius 3 is 2.75 bits per heavy atom. The molecule has 0 bridgehead atoms. The average molecular weight is 390 g/mol. The van der Waals surface area contributed by atoms with E-state index in [1.54, 1.807) is 6.92 Å². The number of nitrogens with zero attached hydrogens (tertiary/aromatic N) is 1. The average Bonchev–Trinajstić information content (AvgIpc) is 3.00. The zero-order valence-corrected chi connectivity index (χ0v) is 15.9. The molecule has 3 amide bonds. The lowest BCUT2D eigenvalue weighted by molar-refractivity contribution is -0.134. The second-order valence-corrected chi connectivity index (χ2v) is 6.39. The van der Waals surface area contributed by atoms with Gasteiger partial charge in [-0.1, -0.05) is 36.9 Å². The number of hydrogen-bond acceptors (Lipinski definition) is 6. The van der Waals surface area contributed by atoms with Crippen molar-refractivity contribution >= 4 is 17.9 Å². The van der Waals surface area contributed by atoms with Gasteiger partial charge in [0.15, 0.2) is 0 Å². The molecule has 152 valence electrons. The number of likely N-dealkylation sites (tertiary alicyclic amines) is 1. The van der Waals surface area contributed by atoms with Gasteiger partial charge in [0, 0.05) is 18.8 Å². The molecule has 1 aliphatic heterocycles. The fraction of sp³-hybridized carbons (Fsp3) is 0.421. The van der Waals surface area contributed by atoms with Crippen molar-refractivity contribution in [1.82, 2.24) is 21.0 Å². The molecular weight excluding hydrogens is 364 g/mol. The summed E-state index contributed by atoms with van der Waals surface area (Å²) in [6.45, 7) is 6.38. The van der Waals surface area contributed by atoms with E-state index >= 15 is 0 Å². The van der Waals surface area contributed by atoms with E-state index in [0.29, 0.717) is 25.2 Å². The standard InChI is InChI=1S/C19H26N4O5/c1-14(2)22-28-11-9-20-17(24)12-23-10-8-16(18(23)25)21-19(26)27-13-15-6-4-3-5-7-15/h3-7,16,22H,1,8-13H2,2H3,(H,20,24)(H,21,26)/t16-/m0/s1. The highest BCUT2D eigenvalue weighted by atomic mass is 16.6. The largest absolute Gasteiger partial charge is 0.445 e.